The van der Waals surface area contributed by atoms with Gasteiger partial charge in [-0.25, -0.2) is 0 Å². The van der Waals surface area contributed by atoms with Crippen LogP contribution in [0.3, 0.4) is 0 Å². The average Bonchev–Trinajstić information content (AvgIpc) is 3.09. The molecule has 4 aromatic rings. The number of aryl methyl sites for hydroxylation is 1. The number of hydrogen-bond donors (Lipinski definition) is 3. The normalized spacial score (nSPS) is 11.2. The third-order valence-electron chi connectivity index (χ3n) is 4.83. The van der Waals surface area contributed by atoms with Gasteiger partial charge >= 0.3 is 0 Å². The minimum atomic E-state index is -0.184. The molecule has 0 aliphatic carbocycles. The Hall–Kier alpha value is -3.34. The molecule has 0 saturated heterocycles. The largest absolute Gasteiger partial charge is 0.361 e. The number of amides is 1. The summed E-state index contributed by atoms with van der Waals surface area (Å²) in [5, 5.41) is 4.89. The quantitative estimate of drug-likeness (QED) is 0.522. The van der Waals surface area contributed by atoms with Crippen LogP contribution in [0.15, 0.2) is 53.5 Å². The number of anilines is 1. The summed E-state index contributed by atoms with van der Waals surface area (Å²) in [4.78, 5) is 30.8. The number of carbonyl (C=O) groups is 1. The van der Waals surface area contributed by atoms with E-state index >= 15 is 0 Å². The number of pyridine rings is 1. The smallest absolute Gasteiger partial charge is 0.255 e. The molecule has 130 valence electrons. The van der Waals surface area contributed by atoms with Crippen LogP contribution in [0.4, 0.5) is 5.69 Å². The molecule has 26 heavy (non-hydrogen) atoms. The molecule has 5 heteroatoms. The molecule has 2 heterocycles. The first-order chi connectivity index (χ1) is 12.6. The van der Waals surface area contributed by atoms with Gasteiger partial charge in [0.2, 0.25) is 0 Å². The van der Waals surface area contributed by atoms with Crippen molar-refractivity contribution >= 4 is 33.4 Å². The number of carbonyl (C=O) groups excluding carboxylic acids is 1. The Morgan fingerprint density at radius 2 is 1.92 bits per heavy atom. The maximum absolute atomic E-state index is 12.6. The van der Waals surface area contributed by atoms with E-state index in [1.807, 2.05) is 50.4 Å². The molecule has 0 spiro atoms. The van der Waals surface area contributed by atoms with E-state index in [4.69, 9.17) is 0 Å². The van der Waals surface area contributed by atoms with E-state index in [2.05, 4.69) is 15.3 Å². The average molecular weight is 345 g/mol. The molecule has 0 bridgehead atoms. The van der Waals surface area contributed by atoms with Crippen molar-refractivity contribution < 1.29 is 4.79 Å². The van der Waals surface area contributed by atoms with Gasteiger partial charge in [0, 0.05) is 39.3 Å². The topological polar surface area (TPSA) is 77.8 Å². The Morgan fingerprint density at radius 1 is 1.08 bits per heavy atom. The number of aromatic nitrogens is 2. The van der Waals surface area contributed by atoms with Crippen LogP contribution >= 0.6 is 0 Å². The van der Waals surface area contributed by atoms with Gasteiger partial charge in [0.25, 0.3) is 11.5 Å². The van der Waals surface area contributed by atoms with E-state index in [0.29, 0.717) is 17.7 Å². The molecular formula is C21H19N3O2. The second-order valence-corrected chi connectivity index (χ2v) is 6.41. The first-order valence-electron chi connectivity index (χ1n) is 8.61. The summed E-state index contributed by atoms with van der Waals surface area (Å²) in [6.45, 7) is 3.93. The van der Waals surface area contributed by atoms with Gasteiger partial charge in [0.05, 0.1) is 5.52 Å². The molecule has 0 atom stereocenters. The fourth-order valence-electron chi connectivity index (χ4n) is 3.41. The zero-order chi connectivity index (χ0) is 18.3. The van der Waals surface area contributed by atoms with Crippen LogP contribution in [0, 0.1) is 6.92 Å². The second-order valence-electron chi connectivity index (χ2n) is 6.41. The maximum atomic E-state index is 12.6. The lowest BCUT2D eigenvalue weighted by Gasteiger charge is -2.10. The van der Waals surface area contributed by atoms with Gasteiger partial charge in [0.1, 0.15) is 0 Å². The molecule has 1 amide bonds. The van der Waals surface area contributed by atoms with Crippen molar-refractivity contribution in [2.75, 3.05) is 5.32 Å². The van der Waals surface area contributed by atoms with Crippen LogP contribution in [0.5, 0.6) is 0 Å². The summed E-state index contributed by atoms with van der Waals surface area (Å²) in [5.74, 6) is -0.184. The number of benzene rings is 2. The molecule has 0 aliphatic rings. The summed E-state index contributed by atoms with van der Waals surface area (Å²) in [6, 6.07) is 13.1. The lowest BCUT2D eigenvalue weighted by atomic mass is 10.0. The van der Waals surface area contributed by atoms with E-state index in [9.17, 15) is 9.59 Å². The van der Waals surface area contributed by atoms with E-state index in [1.165, 1.54) is 0 Å². The summed E-state index contributed by atoms with van der Waals surface area (Å²) in [7, 11) is 0. The second kappa shape index (κ2) is 6.19. The van der Waals surface area contributed by atoms with Gasteiger partial charge in [-0.2, -0.15) is 0 Å². The molecular weight excluding hydrogens is 326 g/mol. The molecule has 3 N–H and O–H groups in total. The Labute approximate surface area is 150 Å². The van der Waals surface area contributed by atoms with Crippen molar-refractivity contribution in [2.24, 2.45) is 0 Å². The Balaban J connectivity index is 1.68. The predicted molar refractivity (Wildman–Crippen MR) is 105 cm³/mol. The monoisotopic (exact) mass is 345 g/mol. The van der Waals surface area contributed by atoms with Crippen molar-refractivity contribution in [1.82, 2.24) is 9.97 Å². The van der Waals surface area contributed by atoms with E-state index in [0.717, 1.165) is 32.9 Å². The predicted octanol–water partition coefficient (Wildman–Crippen LogP) is 4.13. The highest BCUT2D eigenvalue weighted by atomic mass is 16.1. The Bertz CT molecular complexity index is 1200. The van der Waals surface area contributed by atoms with Gasteiger partial charge in [0.15, 0.2) is 0 Å². The highest BCUT2D eigenvalue weighted by molar-refractivity contribution is 6.07. The molecule has 0 aliphatic heterocycles. The number of aromatic amines is 2. The minimum absolute atomic E-state index is 0.0705. The van der Waals surface area contributed by atoms with Gasteiger partial charge in [-0.05, 0) is 55.3 Å². The molecule has 0 radical (unpaired) electrons. The van der Waals surface area contributed by atoms with Crippen LogP contribution in [0.25, 0.3) is 21.8 Å². The Morgan fingerprint density at radius 3 is 2.73 bits per heavy atom. The van der Waals surface area contributed by atoms with Crippen molar-refractivity contribution in [1.29, 1.82) is 0 Å². The third kappa shape index (κ3) is 2.67. The highest BCUT2D eigenvalue weighted by Gasteiger charge is 2.11. The standard InChI is InChI=1S/C21H19N3O2/c1-3-16-12(2)17-6-5-15(11-19(17)24-21(16)26)23-20(25)14-4-7-18-13(10-14)8-9-22-18/h4-11,22H,3H2,1-2H3,(H,23,25)(H,24,26). The fraction of sp³-hybridized carbons (Fsp3) is 0.143. The van der Waals surface area contributed by atoms with Crippen LogP contribution in [-0.4, -0.2) is 15.9 Å². The molecule has 0 fully saturated rings. The molecule has 2 aromatic heterocycles. The van der Waals surface area contributed by atoms with Crippen LogP contribution in [0.2, 0.25) is 0 Å². The van der Waals surface area contributed by atoms with Crippen LogP contribution < -0.4 is 10.9 Å². The van der Waals surface area contributed by atoms with Gasteiger partial charge < -0.3 is 15.3 Å². The third-order valence-corrected chi connectivity index (χ3v) is 4.83. The number of rotatable bonds is 3. The van der Waals surface area contributed by atoms with E-state index < -0.39 is 0 Å². The van der Waals surface area contributed by atoms with E-state index in [-0.39, 0.29) is 11.5 Å². The van der Waals surface area contributed by atoms with Crippen molar-refractivity contribution in [2.45, 2.75) is 20.3 Å². The summed E-state index contributed by atoms with van der Waals surface area (Å²) in [6.07, 6.45) is 2.54. The summed E-state index contributed by atoms with van der Waals surface area (Å²) >= 11 is 0. The Kier molecular flexibility index (Phi) is 3.84. The van der Waals surface area contributed by atoms with Crippen molar-refractivity contribution in [3.8, 4) is 0 Å². The number of nitrogens with one attached hydrogen (secondary N) is 3. The van der Waals surface area contributed by atoms with Crippen LogP contribution in [-0.2, 0) is 6.42 Å². The molecule has 0 saturated carbocycles. The molecule has 5 nitrogen and oxygen atoms in total. The number of H-pyrrole nitrogens is 2. The first kappa shape index (κ1) is 16.1. The van der Waals surface area contributed by atoms with Crippen molar-refractivity contribution in [3.05, 3.63) is 75.7 Å². The summed E-state index contributed by atoms with van der Waals surface area (Å²) in [5.41, 5.74) is 4.67. The highest BCUT2D eigenvalue weighted by Crippen LogP contribution is 2.22. The molecule has 4 rings (SSSR count). The van der Waals surface area contributed by atoms with Gasteiger partial charge in [-0.3, -0.25) is 9.59 Å². The zero-order valence-corrected chi connectivity index (χ0v) is 14.6. The SMILES string of the molecule is CCc1c(C)c2ccc(NC(=O)c3ccc4[nH]ccc4c3)cc2[nH]c1=O. The summed E-state index contributed by atoms with van der Waals surface area (Å²) < 4.78 is 0. The molecule has 0 unspecified atom stereocenters. The van der Waals surface area contributed by atoms with Crippen molar-refractivity contribution in [3.63, 3.8) is 0 Å². The fourth-order valence-corrected chi connectivity index (χ4v) is 3.41. The van der Waals surface area contributed by atoms with Gasteiger partial charge in [-0.15, -0.1) is 0 Å². The minimum Gasteiger partial charge on any atom is -0.361 e. The number of hydrogen-bond acceptors (Lipinski definition) is 2. The lowest BCUT2D eigenvalue weighted by molar-refractivity contribution is 0.102. The maximum Gasteiger partial charge on any atom is 0.255 e. The molecule has 2 aromatic carbocycles. The first-order valence-corrected chi connectivity index (χ1v) is 8.61. The zero-order valence-electron chi connectivity index (χ0n) is 14.6. The van der Waals surface area contributed by atoms with Gasteiger partial charge in [-0.1, -0.05) is 13.0 Å². The van der Waals surface area contributed by atoms with E-state index in [1.54, 1.807) is 12.1 Å². The number of fused-ring (bicyclic) bond motifs is 2. The van der Waals surface area contributed by atoms with Crippen LogP contribution in [0.1, 0.15) is 28.4 Å². The lowest BCUT2D eigenvalue weighted by Crippen LogP contribution is -2.15.